The second-order valence-electron chi connectivity index (χ2n) is 8.92. The molecule has 5 nitrogen and oxygen atoms in total. The van der Waals surface area contributed by atoms with Crippen LogP contribution in [0, 0.1) is 11.8 Å². The van der Waals surface area contributed by atoms with E-state index in [2.05, 4.69) is 45.9 Å². The smallest absolute Gasteiger partial charge is 0.409 e. The van der Waals surface area contributed by atoms with Crippen LogP contribution in [0.25, 0.3) is 0 Å². The van der Waals surface area contributed by atoms with E-state index in [1.165, 1.54) is 11.1 Å². The summed E-state index contributed by atoms with van der Waals surface area (Å²) in [4.78, 5) is 11.8. The van der Waals surface area contributed by atoms with Gasteiger partial charge in [0.1, 0.15) is 12.3 Å². The summed E-state index contributed by atoms with van der Waals surface area (Å²) in [5.41, 5.74) is 3.50. The fraction of sp³-hybridized carbons (Fsp3) is 0.556. The molecule has 0 aliphatic rings. The van der Waals surface area contributed by atoms with Gasteiger partial charge in [-0.2, -0.15) is 9.68 Å². The molecule has 0 radical (unpaired) electrons. The highest BCUT2D eigenvalue weighted by Crippen LogP contribution is 2.43. The summed E-state index contributed by atoms with van der Waals surface area (Å²) >= 11 is 0. The van der Waals surface area contributed by atoms with E-state index in [4.69, 9.17) is 19.1 Å². The van der Waals surface area contributed by atoms with Crippen molar-refractivity contribution in [3.63, 3.8) is 0 Å². The lowest BCUT2D eigenvalue weighted by Crippen LogP contribution is -2.65. The van der Waals surface area contributed by atoms with Gasteiger partial charge < -0.3 is 4.74 Å². The Morgan fingerprint density at radius 3 is 1.94 bits per heavy atom. The van der Waals surface area contributed by atoms with E-state index in [1.54, 1.807) is 14.2 Å². The third-order valence-corrected chi connectivity index (χ3v) is 5.65. The molecule has 0 saturated heterocycles. The van der Waals surface area contributed by atoms with Crippen LogP contribution in [0.2, 0.25) is 0 Å². The second kappa shape index (κ2) is 11.8. The Morgan fingerprint density at radius 1 is 0.812 bits per heavy atom. The van der Waals surface area contributed by atoms with E-state index in [9.17, 15) is 0 Å². The molecule has 2 aromatic rings. The molecule has 0 amide bonds. The Morgan fingerprint density at radius 2 is 1.44 bits per heavy atom. The molecule has 0 saturated carbocycles. The normalized spacial score (nSPS) is 14.1. The SMILES string of the molecule is CCOC(Oc1ccccc1)(c1cccc(CC(C)C)c1CC(C)C)[N+](CC)(OC)OC. The first-order chi connectivity index (χ1) is 15.3. The van der Waals surface area contributed by atoms with Gasteiger partial charge in [-0.05, 0) is 67.9 Å². The zero-order valence-electron chi connectivity index (χ0n) is 21.2. The lowest BCUT2D eigenvalue weighted by molar-refractivity contribution is -1.30. The van der Waals surface area contributed by atoms with Gasteiger partial charge >= 0.3 is 5.91 Å². The van der Waals surface area contributed by atoms with Gasteiger partial charge in [-0.3, -0.25) is 4.74 Å². The lowest BCUT2D eigenvalue weighted by atomic mass is 9.87. The minimum atomic E-state index is -1.34. The Bertz CT molecular complexity index is 809. The monoisotopic (exact) mass is 444 g/mol. The van der Waals surface area contributed by atoms with E-state index < -0.39 is 5.91 Å². The van der Waals surface area contributed by atoms with E-state index in [1.807, 2.05) is 44.2 Å². The maximum atomic E-state index is 6.75. The molecule has 0 aliphatic heterocycles. The number of ether oxygens (including phenoxy) is 2. The maximum Gasteiger partial charge on any atom is 0.452 e. The van der Waals surface area contributed by atoms with Crippen LogP contribution in [-0.4, -0.2) is 32.2 Å². The van der Waals surface area contributed by atoms with Crippen LogP contribution in [0.3, 0.4) is 0 Å². The van der Waals surface area contributed by atoms with Crippen molar-refractivity contribution < 1.29 is 24.0 Å². The largest absolute Gasteiger partial charge is 0.452 e. The summed E-state index contributed by atoms with van der Waals surface area (Å²) in [6.07, 6.45) is 1.89. The molecule has 2 rings (SSSR count). The number of benzene rings is 2. The zero-order chi connectivity index (χ0) is 23.8. The Balaban J connectivity index is 2.89. The number of quaternary nitrogens is 1. The number of hydroxylamine groups is 4. The summed E-state index contributed by atoms with van der Waals surface area (Å²) in [7, 11) is 3.27. The fourth-order valence-electron chi connectivity index (χ4n) is 4.35. The Hall–Kier alpha value is -1.92. The van der Waals surface area contributed by atoms with Gasteiger partial charge in [0.05, 0.1) is 26.4 Å². The third-order valence-electron chi connectivity index (χ3n) is 5.65. The van der Waals surface area contributed by atoms with Crippen LogP contribution in [0.5, 0.6) is 5.75 Å². The minimum Gasteiger partial charge on any atom is -0.409 e. The topological polar surface area (TPSA) is 36.9 Å². The summed E-state index contributed by atoms with van der Waals surface area (Å²) in [5.74, 6) is 0.344. The van der Waals surface area contributed by atoms with Crippen molar-refractivity contribution in [1.29, 1.82) is 0 Å². The molecule has 1 atom stereocenters. The molecular formula is C27H42NO4+. The highest BCUT2D eigenvalue weighted by Gasteiger charge is 2.62. The highest BCUT2D eigenvalue weighted by atomic mass is 17.0. The Labute approximate surface area is 194 Å². The van der Waals surface area contributed by atoms with Gasteiger partial charge in [0, 0.05) is 4.81 Å². The van der Waals surface area contributed by atoms with Crippen LogP contribution in [0.15, 0.2) is 48.5 Å². The van der Waals surface area contributed by atoms with Gasteiger partial charge in [-0.1, -0.05) is 58.0 Å². The number of hydrogen-bond donors (Lipinski definition) is 0. The van der Waals surface area contributed by atoms with Crippen molar-refractivity contribution in [2.24, 2.45) is 11.8 Å². The molecule has 0 heterocycles. The molecule has 0 aromatic heterocycles. The molecule has 0 fully saturated rings. The molecule has 0 bridgehead atoms. The zero-order valence-corrected chi connectivity index (χ0v) is 21.2. The van der Waals surface area contributed by atoms with Crippen LogP contribution in [0.4, 0.5) is 0 Å². The third kappa shape index (κ3) is 5.52. The van der Waals surface area contributed by atoms with Crippen molar-refractivity contribution in [3.8, 4) is 5.75 Å². The predicted molar refractivity (Wildman–Crippen MR) is 129 cm³/mol. The minimum absolute atomic E-state index is 0.286. The van der Waals surface area contributed by atoms with Gasteiger partial charge in [-0.15, -0.1) is 0 Å². The van der Waals surface area contributed by atoms with Gasteiger partial charge in [0.2, 0.25) is 0 Å². The van der Waals surface area contributed by atoms with Gasteiger partial charge in [-0.25, -0.2) is 0 Å². The number of para-hydroxylation sites is 1. The molecule has 1 unspecified atom stereocenters. The molecule has 0 spiro atoms. The van der Waals surface area contributed by atoms with Gasteiger partial charge in [0.15, 0.2) is 0 Å². The molecule has 0 aliphatic carbocycles. The van der Waals surface area contributed by atoms with Crippen molar-refractivity contribution in [3.05, 3.63) is 65.2 Å². The summed E-state index contributed by atoms with van der Waals surface area (Å²) in [5, 5.41) is 0. The summed E-state index contributed by atoms with van der Waals surface area (Å²) < 4.78 is 13.3. The van der Waals surface area contributed by atoms with E-state index in [0.29, 0.717) is 30.7 Å². The van der Waals surface area contributed by atoms with E-state index in [0.717, 1.165) is 18.4 Å². The second-order valence-corrected chi connectivity index (χ2v) is 8.92. The average Bonchev–Trinajstić information content (AvgIpc) is 2.76. The van der Waals surface area contributed by atoms with Crippen molar-refractivity contribution in [1.82, 2.24) is 0 Å². The quantitative estimate of drug-likeness (QED) is 0.207. The highest BCUT2D eigenvalue weighted by molar-refractivity contribution is 5.39. The van der Waals surface area contributed by atoms with Crippen molar-refractivity contribution in [2.45, 2.75) is 60.3 Å². The van der Waals surface area contributed by atoms with E-state index in [-0.39, 0.29) is 4.81 Å². The van der Waals surface area contributed by atoms with Crippen LogP contribution in [-0.2, 0) is 33.2 Å². The van der Waals surface area contributed by atoms with Crippen molar-refractivity contribution >= 4 is 0 Å². The summed E-state index contributed by atoms with van der Waals surface area (Å²) in [6, 6.07) is 16.2. The average molecular weight is 445 g/mol. The van der Waals surface area contributed by atoms with Crippen molar-refractivity contribution in [2.75, 3.05) is 27.4 Å². The molecule has 5 heteroatoms. The lowest BCUT2D eigenvalue weighted by Gasteiger charge is -2.44. The Kier molecular flexibility index (Phi) is 9.71. The number of rotatable bonds is 13. The molecule has 32 heavy (non-hydrogen) atoms. The first-order valence-corrected chi connectivity index (χ1v) is 11.8. The number of nitrogens with zero attached hydrogens (tertiary/aromatic N) is 1. The predicted octanol–water partition coefficient (Wildman–Crippen LogP) is 6.27. The molecule has 2 aromatic carbocycles. The number of hydrogen-bond acceptors (Lipinski definition) is 4. The first kappa shape index (κ1) is 26.3. The van der Waals surface area contributed by atoms with Crippen LogP contribution < -0.4 is 4.74 Å². The van der Waals surface area contributed by atoms with Gasteiger partial charge in [0.25, 0.3) is 0 Å². The fourth-order valence-corrected chi connectivity index (χ4v) is 4.35. The van der Waals surface area contributed by atoms with E-state index >= 15 is 0 Å². The standard InChI is InChI=1S/C27H42NO4/c1-9-28(29-7,30-8)27(31-10-2,32-24-16-12-11-13-17-24)26-18-14-15-23(19-21(3)4)25(26)20-22(5)6/h11-18,21-22H,9-10,19-20H2,1-8H3/q+1. The molecule has 0 N–H and O–H groups in total. The summed E-state index contributed by atoms with van der Waals surface area (Å²) in [6.45, 7) is 13.9. The van der Waals surface area contributed by atoms with Crippen LogP contribution >= 0.6 is 0 Å². The van der Waals surface area contributed by atoms with Crippen LogP contribution in [0.1, 0.15) is 58.2 Å². The maximum absolute atomic E-state index is 6.75. The molecular weight excluding hydrogens is 402 g/mol. The molecule has 178 valence electrons. The first-order valence-electron chi connectivity index (χ1n) is 11.8.